The monoisotopic (exact) mass is 192 g/mol. The molecule has 78 valence electrons. The Morgan fingerprint density at radius 1 is 1.14 bits per heavy atom. The molecular weight excluding hydrogens is 172 g/mol. The molecule has 1 atom stereocenters. The third-order valence-electron chi connectivity index (χ3n) is 2.52. The van der Waals surface area contributed by atoms with E-state index in [0.717, 1.165) is 19.3 Å². The molecule has 0 aliphatic carbocycles. The summed E-state index contributed by atoms with van der Waals surface area (Å²) < 4.78 is 0. The van der Waals surface area contributed by atoms with Crippen LogP contribution < -0.4 is 0 Å². The molecule has 0 aliphatic rings. The number of aliphatic hydroxyl groups excluding tert-OH is 1. The highest BCUT2D eigenvalue weighted by molar-refractivity contribution is 5.28. The predicted octanol–water partition coefficient (Wildman–Crippen LogP) is 3.01. The van der Waals surface area contributed by atoms with Crippen molar-refractivity contribution in [1.82, 2.24) is 0 Å². The molecule has 0 saturated heterocycles. The molecule has 14 heavy (non-hydrogen) atoms. The minimum Gasteiger partial charge on any atom is -0.393 e. The molecule has 0 saturated carbocycles. The van der Waals surface area contributed by atoms with E-state index in [1.165, 1.54) is 16.7 Å². The van der Waals surface area contributed by atoms with Gasteiger partial charge >= 0.3 is 0 Å². The van der Waals surface area contributed by atoms with E-state index >= 15 is 0 Å². The first-order valence-electron chi connectivity index (χ1n) is 5.37. The van der Waals surface area contributed by atoms with Gasteiger partial charge in [-0.15, -0.1) is 0 Å². The van der Waals surface area contributed by atoms with E-state index in [-0.39, 0.29) is 6.10 Å². The third-order valence-corrected chi connectivity index (χ3v) is 2.52. The van der Waals surface area contributed by atoms with Gasteiger partial charge in [0.05, 0.1) is 6.10 Å². The van der Waals surface area contributed by atoms with Crippen molar-refractivity contribution in [2.45, 2.75) is 46.1 Å². The Kier molecular flexibility index (Phi) is 4.15. The van der Waals surface area contributed by atoms with E-state index in [4.69, 9.17) is 0 Å². The van der Waals surface area contributed by atoms with E-state index < -0.39 is 0 Å². The van der Waals surface area contributed by atoms with Gasteiger partial charge < -0.3 is 5.11 Å². The van der Waals surface area contributed by atoms with Gasteiger partial charge in [-0.25, -0.2) is 0 Å². The average Bonchev–Trinajstić information content (AvgIpc) is 2.12. The lowest BCUT2D eigenvalue weighted by Crippen LogP contribution is -2.05. The van der Waals surface area contributed by atoms with Crippen LogP contribution in [0.3, 0.4) is 0 Å². The summed E-state index contributed by atoms with van der Waals surface area (Å²) in [4.78, 5) is 0. The number of benzene rings is 1. The number of aryl methyl sites for hydroxylation is 3. The summed E-state index contributed by atoms with van der Waals surface area (Å²) >= 11 is 0. The summed E-state index contributed by atoms with van der Waals surface area (Å²) in [5.41, 5.74) is 3.96. The van der Waals surface area contributed by atoms with Crippen LogP contribution in [0.25, 0.3) is 0 Å². The molecule has 1 aromatic rings. The number of hydrogen-bond donors (Lipinski definition) is 1. The van der Waals surface area contributed by atoms with Crippen LogP contribution in [0.15, 0.2) is 18.2 Å². The summed E-state index contributed by atoms with van der Waals surface area (Å²) in [7, 11) is 0. The van der Waals surface area contributed by atoms with Crippen molar-refractivity contribution in [3.05, 3.63) is 34.9 Å². The molecule has 1 rings (SSSR count). The topological polar surface area (TPSA) is 20.2 Å². The van der Waals surface area contributed by atoms with Gasteiger partial charge in [-0.2, -0.15) is 0 Å². The molecule has 1 nitrogen and oxygen atoms in total. The molecule has 0 aliphatic heterocycles. The molecule has 0 bridgehead atoms. The van der Waals surface area contributed by atoms with Gasteiger partial charge in [-0.3, -0.25) is 0 Å². The van der Waals surface area contributed by atoms with Crippen LogP contribution in [0, 0.1) is 13.8 Å². The molecule has 1 N–H and O–H groups in total. The van der Waals surface area contributed by atoms with Gasteiger partial charge in [0.1, 0.15) is 0 Å². The smallest absolute Gasteiger partial charge is 0.0540 e. The maximum atomic E-state index is 9.46. The highest BCUT2D eigenvalue weighted by Crippen LogP contribution is 2.12. The van der Waals surface area contributed by atoms with Crippen LogP contribution in [0.4, 0.5) is 0 Å². The minimum atomic E-state index is -0.143. The van der Waals surface area contributed by atoms with E-state index in [9.17, 15) is 5.11 Å². The maximum Gasteiger partial charge on any atom is 0.0540 e. The lowest BCUT2D eigenvalue weighted by Gasteiger charge is -2.08. The lowest BCUT2D eigenvalue weighted by molar-refractivity contribution is 0.160. The Morgan fingerprint density at radius 3 is 2.21 bits per heavy atom. The van der Waals surface area contributed by atoms with Crippen molar-refractivity contribution < 1.29 is 5.11 Å². The molecule has 0 amide bonds. The normalized spacial score (nSPS) is 12.9. The van der Waals surface area contributed by atoms with Crippen LogP contribution >= 0.6 is 0 Å². The third kappa shape index (κ3) is 3.51. The fourth-order valence-corrected chi connectivity index (χ4v) is 1.75. The Balaban J connectivity index is 2.58. The van der Waals surface area contributed by atoms with Crippen molar-refractivity contribution in [2.75, 3.05) is 0 Å². The van der Waals surface area contributed by atoms with Gasteiger partial charge in [-0.1, -0.05) is 36.2 Å². The van der Waals surface area contributed by atoms with Crippen LogP contribution in [0.1, 0.15) is 36.5 Å². The largest absolute Gasteiger partial charge is 0.393 e. The van der Waals surface area contributed by atoms with Gasteiger partial charge in [0.25, 0.3) is 0 Å². The fourth-order valence-electron chi connectivity index (χ4n) is 1.75. The first-order chi connectivity index (χ1) is 6.61. The van der Waals surface area contributed by atoms with E-state index in [1.807, 2.05) is 6.92 Å². The fraction of sp³-hybridized carbons (Fsp3) is 0.538. The summed E-state index contributed by atoms with van der Waals surface area (Å²) in [6.45, 7) is 6.26. The molecular formula is C13H20O. The zero-order valence-corrected chi connectivity index (χ0v) is 9.38. The molecule has 0 heterocycles. The highest BCUT2D eigenvalue weighted by atomic mass is 16.3. The molecule has 1 unspecified atom stereocenters. The molecule has 0 radical (unpaired) electrons. The van der Waals surface area contributed by atoms with Crippen LogP contribution in [-0.4, -0.2) is 11.2 Å². The van der Waals surface area contributed by atoms with Crippen LogP contribution in [0.2, 0.25) is 0 Å². The van der Waals surface area contributed by atoms with Crippen molar-refractivity contribution in [3.63, 3.8) is 0 Å². The van der Waals surface area contributed by atoms with E-state index in [2.05, 4.69) is 32.0 Å². The Labute approximate surface area is 86.8 Å². The zero-order chi connectivity index (χ0) is 10.6. The van der Waals surface area contributed by atoms with Crippen molar-refractivity contribution in [3.8, 4) is 0 Å². The quantitative estimate of drug-likeness (QED) is 0.777. The van der Waals surface area contributed by atoms with Crippen molar-refractivity contribution in [2.24, 2.45) is 0 Å². The van der Waals surface area contributed by atoms with Crippen LogP contribution in [-0.2, 0) is 6.42 Å². The molecule has 0 spiro atoms. The standard InChI is InChI=1S/C13H20O/c1-4-13(14)6-5-12-8-10(2)7-11(3)9-12/h7-9,13-14H,4-6H2,1-3H3. The molecule has 1 aromatic carbocycles. The van der Waals surface area contributed by atoms with Gasteiger partial charge in [0.15, 0.2) is 0 Å². The number of hydrogen-bond acceptors (Lipinski definition) is 1. The Morgan fingerprint density at radius 2 is 1.71 bits per heavy atom. The summed E-state index contributed by atoms with van der Waals surface area (Å²) in [5, 5.41) is 9.46. The van der Waals surface area contributed by atoms with E-state index in [1.54, 1.807) is 0 Å². The zero-order valence-electron chi connectivity index (χ0n) is 9.38. The molecule has 0 aromatic heterocycles. The summed E-state index contributed by atoms with van der Waals surface area (Å²) in [5.74, 6) is 0. The Hall–Kier alpha value is -0.820. The lowest BCUT2D eigenvalue weighted by atomic mass is 10.0. The Bertz CT molecular complexity index is 271. The summed E-state index contributed by atoms with van der Waals surface area (Å²) in [6, 6.07) is 6.59. The van der Waals surface area contributed by atoms with Crippen molar-refractivity contribution >= 4 is 0 Å². The second-order valence-electron chi connectivity index (χ2n) is 4.10. The van der Waals surface area contributed by atoms with Crippen molar-refractivity contribution in [1.29, 1.82) is 0 Å². The maximum absolute atomic E-state index is 9.46. The summed E-state index contributed by atoms with van der Waals surface area (Å²) in [6.07, 6.45) is 2.57. The second kappa shape index (κ2) is 5.16. The van der Waals surface area contributed by atoms with Gasteiger partial charge in [-0.05, 0) is 38.7 Å². The number of aliphatic hydroxyl groups is 1. The number of rotatable bonds is 4. The van der Waals surface area contributed by atoms with Gasteiger partial charge in [0, 0.05) is 0 Å². The first-order valence-corrected chi connectivity index (χ1v) is 5.37. The predicted molar refractivity (Wildman–Crippen MR) is 60.5 cm³/mol. The first kappa shape index (κ1) is 11.3. The second-order valence-corrected chi connectivity index (χ2v) is 4.10. The average molecular weight is 192 g/mol. The van der Waals surface area contributed by atoms with E-state index in [0.29, 0.717) is 0 Å². The highest BCUT2D eigenvalue weighted by Gasteiger charge is 2.02. The van der Waals surface area contributed by atoms with Gasteiger partial charge in [0.2, 0.25) is 0 Å². The molecule has 0 fully saturated rings. The molecule has 1 heteroatoms. The SMILES string of the molecule is CCC(O)CCc1cc(C)cc(C)c1. The van der Waals surface area contributed by atoms with Crippen LogP contribution in [0.5, 0.6) is 0 Å². The minimum absolute atomic E-state index is 0.143.